The van der Waals surface area contributed by atoms with Gasteiger partial charge >= 0.3 is 6.09 Å². The van der Waals surface area contributed by atoms with Gasteiger partial charge in [-0.3, -0.25) is 9.63 Å². The summed E-state index contributed by atoms with van der Waals surface area (Å²) in [5, 5.41) is 0. The van der Waals surface area contributed by atoms with Crippen molar-refractivity contribution in [2.24, 2.45) is 5.92 Å². The van der Waals surface area contributed by atoms with Crippen LogP contribution in [0.1, 0.15) is 44.1 Å². The zero-order valence-corrected chi connectivity index (χ0v) is 21.9. The number of nitrogens with zero attached hydrogens (tertiary/aromatic N) is 2. The lowest BCUT2D eigenvalue weighted by molar-refractivity contribution is 0.0178. The van der Waals surface area contributed by atoms with Gasteiger partial charge in [-0.05, 0) is 75.9 Å². The van der Waals surface area contributed by atoms with Gasteiger partial charge in [-0.2, -0.15) is 0 Å². The van der Waals surface area contributed by atoms with E-state index in [1.807, 2.05) is 92.1 Å². The SMILES string of the molecule is CONC(=O)c1ccc(-c2cccc(Oc3ccccc3)c2)n1CC1CCN(C(=O)OC(C)(C)C)CC1. The number of nitrogens with one attached hydrogen (secondary N) is 1. The number of aromatic nitrogens is 1. The van der Waals surface area contributed by atoms with E-state index in [9.17, 15) is 9.59 Å². The van der Waals surface area contributed by atoms with Gasteiger partial charge in [-0.25, -0.2) is 10.3 Å². The monoisotopic (exact) mass is 505 g/mol. The molecular weight excluding hydrogens is 470 g/mol. The minimum Gasteiger partial charge on any atom is -0.457 e. The van der Waals surface area contributed by atoms with E-state index in [1.54, 1.807) is 4.90 Å². The minimum atomic E-state index is -0.518. The molecule has 2 amide bonds. The van der Waals surface area contributed by atoms with E-state index in [-0.39, 0.29) is 12.0 Å². The quantitative estimate of drug-likeness (QED) is 0.405. The van der Waals surface area contributed by atoms with Crippen molar-refractivity contribution >= 4 is 12.0 Å². The predicted molar refractivity (Wildman–Crippen MR) is 141 cm³/mol. The van der Waals surface area contributed by atoms with Gasteiger partial charge in [0.15, 0.2) is 0 Å². The summed E-state index contributed by atoms with van der Waals surface area (Å²) in [6.07, 6.45) is 1.36. The average molecular weight is 506 g/mol. The summed E-state index contributed by atoms with van der Waals surface area (Å²) in [7, 11) is 1.42. The van der Waals surface area contributed by atoms with Crippen molar-refractivity contribution in [3.63, 3.8) is 0 Å². The van der Waals surface area contributed by atoms with Gasteiger partial charge < -0.3 is 18.9 Å². The third kappa shape index (κ3) is 6.92. The first-order valence-electron chi connectivity index (χ1n) is 12.6. The highest BCUT2D eigenvalue weighted by Gasteiger charge is 2.28. The number of hydrogen-bond donors (Lipinski definition) is 1. The van der Waals surface area contributed by atoms with E-state index in [2.05, 4.69) is 5.48 Å². The molecule has 2 heterocycles. The van der Waals surface area contributed by atoms with Crippen LogP contribution in [0.5, 0.6) is 11.5 Å². The molecule has 1 N–H and O–H groups in total. The third-order valence-electron chi connectivity index (χ3n) is 6.22. The normalized spacial score (nSPS) is 14.3. The molecule has 1 aliphatic rings. The topological polar surface area (TPSA) is 82.0 Å². The number of para-hydroxylation sites is 1. The Balaban J connectivity index is 1.54. The number of benzene rings is 2. The molecule has 0 bridgehead atoms. The lowest BCUT2D eigenvalue weighted by Crippen LogP contribution is -2.42. The number of carbonyl (C=O) groups excluding carboxylic acids is 2. The van der Waals surface area contributed by atoms with E-state index in [4.69, 9.17) is 14.3 Å². The number of piperidine rings is 1. The molecule has 1 aromatic heterocycles. The fourth-order valence-electron chi connectivity index (χ4n) is 4.49. The van der Waals surface area contributed by atoms with Crippen LogP contribution in [0.15, 0.2) is 66.7 Å². The molecule has 4 rings (SSSR count). The first kappa shape index (κ1) is 26.3. The fraction of sp³-hybridized carbons (Fsp3) is 0.379. The maximum atomic E-state index is 12.8. The Morgan fingerprint density at radius 3 is 2.32 bits per heavy atom. The van der Waals surface area contributed by atoms with E-state index in [0.29, 0.717) is 37.0 Å². The maximum absolute atomic E-state index is 12.8. The number of hydrogen-bond acceptors (Lipinski definition) is 5. The van der Waals surface area contributed by atoms with Crippen LogP contribution in [0.4, 0.5) is 4.79 Å². The highest BCUT2D eigenvalue weighted by molar-refractivity contribution is 5.93. The molecule has 1 fully saturated rings. The summed E-state index contributed by atoms with van der Waals surface area (Å²) in [6.45, 7) is 7.50. The standard InChI is InChI=1S/C29H35N3O5/c1-29(2,3)37-28(34)31-17-15-21(16-18-31)20-32-25(13-14-26(32)27(33)30-35-4)22-9-8-12-24(19-22)36-23-10-6-5-7-11-23/h5-14,19,21H,15-18,20H2,1-4H3,(H,30,33). The summed E-state index contributed by atoms with van der Waals surface area (Å²) in [5.41, 5.74) is 4.29. The second-order valence-corrected chi connectivity index (χ2v) is 10.2. The molecule has 0 spiro atoms. The highest BCUT2D eigenvalue weighted by Crippen LogP contribution is 2.31. The summed E-state index contributed by atoms with van der Waals surface area (Å²) in [4.78, 5) is 31.9. The van der Waals surface area contributed by atoms with Gasteiger partial charge in [0.25, 0.3) is 5.91 Å². The number of hydroxylamine groups is 1. The number of carbonyl (C=O) groups is 2. The molecule has 1 saturated heterocycles. The molecule has 0 saturated carbocycles. The Kier molecular flexibility index (Phi) is 8.18. The van der Waals surface area contributed by atoms with Crippen molar-refractivity contribution in [3.8, 4) is 22.8 Å². The molecule has 0 radical (unpaired) electrons. The second-order valence-electron chi connectivity index (χ2n) is 10.2. The van der Waals surface area contributed by atoms with Gasteiger partial charge in [0.05, 0.1) is 7.11 Å². The second kappa shape index (κ2) is 11.5. The minimum absolute atomic E-state index is 0.275. The fourth-order valence-corrected chi connectivity index (χ4v) is 4.49. The largest absolute Gasteiger partial charge is 0.457 e. The zero-order valence-electron chi connectivity index (χ0n) is 21.9. The van der Waals surface area contributed by atoms with Gasteiger partial charge in [0.2, 0.25) is 0 Å². The van der Waals surface area contributed by atoms with Crippen LogP contribution >= 0.6 is 0 Å². The Morgan fingerprint density at radius 2 is 1.65 bits per heavy atom. The van der Waals surface area contributed by atoms with Crippen molar-refractivity contribution < 1.29 is 23.9 Å². The molecule has 8 nitrogen and oxygen atoms in total. The Labute approximate surface area is 218 Å². The van der Waals surface area contributed by atoms with E-state index >= 15 is 0 Å². The van der Waals surface area contributed by atoms with E-state index < -0.39 is 5.60 Å². The molecule has 0 aliphatic carbocycles. The number of rotatable bonds is 7. The molecular formula is C29H35N3O5. The van der Waals surface area contributed by atoms with Crippen molar-refractivity contribution in [1.29, 1.82) is 0 Å². The van der Waals surface area contributed by atoms with E-state index in [0.717, 1.165) is 29.8 Å². The van der Waals surface area contributed by atoms with Crippen LogP contribution in [0, 0.1) is 5.92 Å². The summed E-state index contributed by atoms with van der Waals surface area (Å²) in [5.74, 6) is 1.45. The third-order valence-corrected chi connectivity index (χ3v) is 6.22. The zero-order chi connectivity index (χ0) is 26.4. The molecule has 8 heteroatoms. The van der Waals surface area contributed by atoms with Gasteiger partial charge in [-0.15, -0.1) is 0 Å². The Hall–Kier alpha value is -3.78. The van der Waals surface area contributed by atoms with Crippen LogP contribution < -0.4 is 10.2 Å². The highest BCUT2D eigenvalue weighted by atomic mass is 16.6. The number of amides is 2. The first-order chi connectivity index (χ1) is 17.7. The number of likely N-dealkylation sites (tertiary alicyclic amines) is 1. The lowest BCUT2D eigenvalue weighted by Gasteiger charge is -2.34. The summed E-state index contributed by atoms with van der Waals surface area (Å²) >= 11 is 0. The summed E-state index contributed by atoms with van der Waals surface area (Å²) in [6, 6.07) is 21.2. The molecule has 37 heavy (non-hydrogen) atoms. The van der Waals surface area contributed by atoms with E-state index in [1.165, 1.54) is 7.11 Å². The molecule has 0 unspecified atom stereocenters. The van der Waals surface area contributed by atoms with Crippen molar-refractivity contribution in [1.82, 2.24) is 14.9 Å². The van der Waals surface area contributed by atoms with Crippen LogP contribution in [0.3, 0.4) is 0 Å². The van der Waals surface area contributed by atoms with Crippen LogP contribution in [-0.4, -0.2) is 47.3 Å². The smallest absolute Gasteiger partial charge is 0.410 e. The van der Waals surface area contributed by atoms with Crippen LogP contribution in [0.2, 0.25) is 0 Å². The van der Waals surface area contributed by atoms with Gasteiger partial charge in [-0.1, -0.05) is 30.3 Å². The molecule has 2 aromatic carbocycles. The summed E-state index contributed by atoms with van der Waals surface area (Å²) < 4.78 is 13.6. The Morgan fingerprint density at radius 1 is 0.946 bits per heavy atom. The predicted octanol–water partition coefficient (Wildman–Crippen LogP) is 5.89. The maximum Gasteiger partial charge on any atom is 0.410 e. The molecule has 0 atom stereocenters. The van der Waals surface area contributed by atoms with Crippen molar-refractivity contribution in [2.75, 3.05) is 20.2 Å². The Bertz CT molecular complexity index is 1210. The first-order valence-corrected chi connectivity index (χ1v) is 12.6. The van der Waals surface area contributed by atoms with Gasteiger partial charge in [0, 0.05) is 30.9 Å². The number of ether oxygens (including phenoxy) is 2. The van der Waals surface area contributed by atoms with Crippen LogP contribution in [0.25, 0.3) is 11.3 Å². The van der Waals surface area contributed by atoms with Crippen molar-refractivity contribution in [3.05, 3.63) is 72.4 Å². The van der Waals surface area contributed by atoms with Gasteiger partial charge in [0.1, 0.15) is 22.8 Å². The average Bonchev–Trinajstić information content (AvgIpc) is 3.28. The van der Waals surface area contributed by atoms with Crippen molar-refractivity contribution in [2.45, 2.75) is 45.8 Å². The molecule has 196 valence electrons. The molecule has 3 aromatic rings. The lowest BCUT2D eigenvalue weighted by atomic mass is 9.96. The van der Waals surface area contributed by atoms with Crippen LogP contribution in [-0.2, 0) is 16.1 Å². The molecule has 1 aliphatic heterocycles.